The summed E-state index contributed by atoms with van der Waals surface area (Å²) < 4.78 is 5.50. The second-order valence-electron chi connectivity index (χ2n) is 6.99. The summed E-state index contributed by atoms with van der Waals surface area (Å²) in [7, 11) is 0. The number of hydrogen-bond donors (Lipinski definition) is 3. The molecule has 27 heavy (non-hydrogen) atoms. The van der Waals surface area contributed by atoms with E-state index >= 15 is 0 Å². The first-order chi connectivity index (χ1) is 12.6. The maximum Gasteiger partial charge on any atom is 0.260 e. The first-order valence-corrected chi connectivity index (χ1v) is 9.25. The van der Waals surface area contributed by atoms with Gasteiger partial charge >= 0.3 is 0 Å². The Balaban J connectivity index is 0.00000261. The molecular formula is C19H28ClN3O4. The van der Waals surface area contributed by atoms with E-state index in [0.29, 0.717) is 44.8 Å². The second kappa shape index (κ2) is 10.5. The predicted octanol–water partition coefficient (Wildman–Crippen LogP) is 0.422. The molecule has 8 heteroatoms. The lowest BCUT2D eigenvalue weighted by Gasteiger charge is -2.31. The number of aliphatic hydroxyl groups excluding tert-OH is 1. The molecule has 2 amide bonds. The van der Waals surface area contributed by atoms with Gasteiger partial charge in [-0.2, -0.15) is 0 Å². The minimum atomic E-state index is -0.389. The predicted molar refractivity (Wildman–Crippen MR) is 104 cm³/mol. The number of rotatable bonds is 6. The minimum Gasteiger partial charge on any atom is -0.484 e. The molecule has 2 atom stereocenters. The number of carbonyl (C=O) groups is 2. The summed E-state index contributed by atoms with van der Waals surface area (Å²) in [5, 5.41) is 15.8. The Morgan fingerprint density at radius 3 is 2.52 bits per heavy atom. The lowest BCUT2D eigenvalue weighted by molar-refractivity contribution is -0.137. The minimum absolute atomic E-state index is 0. The molecule has 0 bridgehead atoms. The van der Waals surface area contributed by atoms with Gasteiger partial charge in [-0.15, -0.1) is 12.4 Å². The maximum absolute atomic E-state index is 12.3. The van der Waals surface area contributed by atoms with Gasteiger partial charge in [0.05, 0.1) is 6.10 Å². The van der Waals surface area contributed by atoms with Crippen LogP contribution in [-0.4, -0.2) is 67.3 Å². The van der Waals surface area contributed by atoms with Gasteiger partial charge in [-0.3, -0.25) is 9.59 Å². The molecule has 0 spiro atoms. The highest BCUT2D eigenvalue weighted by molar-refractivity contribution is 5.85. The second-order valence-corrected chi connectivity index (χ2v) is 6.99. The van der Waals surface area contributed by atoms with E-state index in [1.54, 1.807) is 4.90 Å². The number of amides is 2. The zero-order valence-corrected chi connectivity index (χ0v) is 16.1. The quantitative estimate of drug-likeness (QED) is 0.647. The number of piperidine rings is 1. The van der Waals surface area contributed by atoms with Gasteiger partial charge in [-0.05, 0) is 25.0 Å². The number of nitrogens with zero attached hydrogens (tertiary/aromatic N) is 1. The average molecular weight is 398 g/mol. The Kier molecular flexibility index (Phi) is 8.34. The molecule has 2 saturated heterocycles. The van der Waals surface area contributed by atoms with Crippen LogP contribution >= 0.6 is 12.4 Å². The SMILES string of the molecule is Cl.O=C(NCC1CNCC1O)C1CCN(C(=O)COc2ccccc2)CC1. The molecule has 2 unspecified atom stereocenters. The van der Waals surface area contributed by atoms with Gasteiger partial charge in [0.15, 0.2) is 6.61 Å². The molecule has 1 aromatic carbocycles. The fraction of sp³-hybridized carbons (Fsp3) is 0.579. The zero-order valence-electron chi connectivity index (χ0n) is 15.3. The highest BCUT2D eigenvalue weighted by Gasteiger charge is 2.29. The lowest BCUT2D eigenvalue weighted by atomic mass is 9.95. The first-order valence-electron chi connectivity index (χ1n) is 9.25. The standard InChI is InChI=1S/C19H27N3O4.ClH/c23-17-12-20-10-15(17)11-21-19(25)14-6-8-22(9-7-14)18(24)13-26-16-4-2-1-3-5-16;/h1-5,14-15,17,20,23H,6-13H2,(H,21,25);1H. The molecule has 2 heterocycles. The molecule has 0 aromatic heterocycles. The Morgan fingerprint density at radius 2 is 1.89 bits per heavy atom. The fourth-order valence-electron chi connectivity index (χ4n) is 3.45. The highest BCUT2D eigenvalue weighted by Crippen LogP contribution is 2.18. The number of β-amino-alcohol motifs (C(OH)–C–C–N with tert-alkyl or cyclic N) is 1. The summed E-state index contributed by atoms with van der Waals surface area (Å²) in [4.78, 5) is 26.3. The number of aliphatic hydroxyl groups is 1. The van der Waals surface area contributed by atoms with Gasteiger partial charge in [-0.25, -0.2) is 0 Å². The molecule has 0 radical (unpaired) electrons. The van der Waals surface area contributed by atoms with Gasteiger partial charge < -0.3 is 25.4 Å². The van der Waals surface area contributed by atoms with Crippen molar-refractivity contribution in [1.82, 2.24) is 15.5 Å². The molecule has 3 N–H and O–H groups in total. The van der Waals surface area contributed by atoms with E-state index in [2.05, 4.69) is 10.6 Å². The van der Waals surface area contributed by atoms with Crippen LogP contribution in [0.4, 0.5) is 0 Å². The van der Waals surface area contributed by atoms with Crippen LogP contribution in [0, 0.1) is 11.8 Å². The van der Waals surface area contributed by atoms with Crippen LogP contribution in [0.5, 0.6) is 5.75 Å². The van der Waals surface area contributed by atoms with Gasteiger partial charge in [-0.1, -0.05) is 18.2 Å². The van der Waals surface area contributed by atoms with Gasteiger partial charge in [0.2, 0.25) is 5.91 Å². The van der Waals surface area contributed by atoms with Gasteiger partial charge in [0, 0.05) is 44.6 Å². The molecule has 150 valence electrons. The van der Waals surface area contributed by atoms with E-state index in [1.165, 1.54) is 0 Å². The summed E-state index contributed by atoms with van der Waals surface area (Å²) >= 11 is 0. The van der Waals surface area contributed by atoms with Crippen molar-refractivity contribution in [2.75, 3.05) is 39.3 Å². The molecule has 2 fully saturated rings. The Morgan fingerprint density at radius 1 is 1.19 bits per heavy atom. The Hall–Kier alpha value is -1.83. The highest BCUT2D eigenvalue weighted by atomic mass is 35.5. The molecule has 2 aliphatic rings. The number of halogens is 1. The normalized spacial score (nSPS) is 22.8. The van der Waals surface area contributed by atoms with E-state index < -0.39 is 0 Å². The lowest BCUT2D eigenvalue weighted by Crippen LogP contribution is -2.45. The number of likely N-dealkylation sites (tertiary alicyclic amines) is 1. The van der Waals surface area contributed by atoms with Crippen molar-refractivity contribution in [3.8, 4) is 5.75 Å². The van der Waals surface area contributed by atoms with E-state index in [4.69, 9.17) is 4.74 Å². The number of para-hydroxylation sites is 1. The van der Waals surface area contributed by atoms with Crippen molar-refractivity contribution in [1.29, 1.82) is 0 Å². The smallest absolute Gasteiger partial charge is 0.260 e. The van der Waals surface area contributed by atoms with Crippen LogP contribution in [0.15, 0.2) is 30.3 Å². The third-order valence-corrected chi connectivity index (χ3v) is 5.17. The molecule has 1 aromatic rings. The number of carbonyl (C=O) groups excluding carboxylic acids is 2. The summed E-state index contributed by atoms with van der Waals surface area (Å²) in [6.45, 7) is 2.98. The maximum atomic E-state index is 12.3. The monoisotopic (exact) mass is 397 g/mol. The van der Waals surface area contributed by atoms with Crippen molar-refractivity contribution in [2.24, 2.45) is 11.8 Å². The van der Waals surface area contributed by atoms with E-state index in [1.807, 2.05) is 30.3 Å². The van der Waals surface area contributed by atoms with Crippen LogP contribution in [0.3, 0.4) is 0 Å². The van der Waals surface area contributed by atoms with E-state index in [0.717, 1.165) is 6.54 Å². The number of hydrogen-bond acceptors (Lipinski definition) is 5. The van der Waals surface area contributed by atoms with Crippen molar-refractivity contribution in [3.63, 3.8) is 0 Å². The van der Waals surface area contributed by atoms with Crippen LogP contribution < -0.4 is 15.4 Å². The van der Waals surface area contributed by atoms with Crippen molar-refractivity contribution in [3.05, 3.63) is 30.3 Å². The third kappa shape index (κ3) is 6.09. The summed E-state index contributed by atoms with van der Waals surface area (Å²) in [5.74, 6) is 0.666. The van der Waals surface area contributed by atoms with Gasteiger partial charge in [0.1, 0.15) is 5.75 Å². The first kappa shape index (κ1) is 21.5. The van der Waals surface area contributed by atoms with Gasteiger partial charge in [0.25, 0.3) is 5.91 Å². The summed E-state index contributed by atoms with van der Waals surface area (Å²) in [6, 6.07) is 9.27. The van der Waals surface area contributed by atoms with E-state index in [9.17, 15) is 14.7 Å². The Labute approximate surface area is 165 Å². The van der Waals surface area contributed by atoms with Crippen molar-refractivity contribution >= 4 is 24.2 Å². The number of ether oxygens (including phenoxy) is 1. The topological polar surface area (TPSA) is 90.9 Å². The number of nitrogens with one attached hydrogen (secondary N) is 2. The third-order valence-electron chi connectivity index (χ3n) is 5.17. The largest absolute Gasteiger partial charge is 0.484 e. The fourth-order valence-corrected chi connectivity index (χ4v) is 3.45. The molecular weight excluding hydrogens is 370 g/mol. The zero-order chi connectivity index (χ0) is 18.4. The van der Waals surface area contributed by atoms with Crippen molar-refractivity contribution < 1.29 is 19.4 Å². The van der Waals surface area contributed by atoms with Crippen LogP contribution in [0.25, 0.3) is 0 Å². The molecule has 0 saturated carbocycles. The number of benzene rings is 1. The molecule has 2 aliphatic heterocycles. The van der Waals surface area contributed by atoms with E-state index in [-0.39, 0.29) is 48.8 Å². The summed E-state index contributed by atoms with van der Waals surface area (Å²) in [6.07, 6.45) is 0.933. The molecule has 7 nitrogen and oxygen atoms in total. The molecule has 0 aliphatic carbocycles. The van der Waals surface area contributed by atoms with Crippen LogP contribution in [0.1, 0.15) is 12.8 Å². The summed E-state index contributed by atoms with van der Waals surface area (Å²) in [5.41, 5.74) is 0. The average Bonchev–Trinajstić information content (AvgIpc) is 3.10. The van der Waals surface area contributed by atoms with Crippen LogP contribution in [0.2, 0.25) is 0 Å². The molecule has 3 rings (SSSR count). The van der Waals surface area contributed by atoms with Crippen molar-refractivity contribution in [2.45, 2.75) is 18.9 Å². The van der Waals surface area contributed by atoms with Crippen LogP contribution in [-0.2, 0) is 9.59 Å². The Bertz CT molecular complexity index is 608.